The second-order valence-electron chi connectivity index (χ2n) is 5.19. The first-order valence-electron chi connectivity index (χ1n) is 7.03. The summed E-state index contributed by atoms with van der Waals surface area (Å²) in [6, 6.07) is 4.13. The van der Waals surface area contributed by atoms with E-state index in [4.69, 9.17) is 0 Å². The van der Waals surface area contributed by atoms with Gasteiger partial charge in [0.25, 0.3) is 0 Å². The molecule has 6 nitrogen and oxygen atoms in total. The molecule has 3 aromatic rings. The molecule has 0 fully saturated rings. The predicted octanol–water partition coefficient (Wildman–Crippen LogP) is 2.59. The average molecular weight is 300 g/mol. The average Bonchev–Trinajstić information content (AvgIpc) is 3.17. The summed E-state index contributed by atoms with van der Waals surface area (Å²) < 4.78 is 4.21. The highest BCUT2D eigenvalue weighted by Crippen LogP contribution is 2.36. The van der Waals surface area contributed by atoms with Crippen molar-refractivity contribution in [3.05, 3.63) is 23.8 Å². The first-order valence-corrected chi connectivity index (χ1v) is 7.91. The molecule has 0 unspecified atom stereocenters. The Hall–Kier alpha value is -2.15. The van der Waals surface area contributed by atoms with Gasteiger partial charge in [-0.1, -0.05) is 13.0 Å². The molecular formula is C14H16N6S. The van der Waals surface area contributed by atoms with Crippen LogP contribution >= 0.6 is 11.3 Å². The number of anilines is 1. The van der Waals surface area contributed by atoms with Crippen LogP contribution in [0.5, 0.6) is 0 Å². The lowest BCUT2D eigenvalue weighted by Crippen LogP contribution is -2.32. The quantitative estimate of drug-likeness (QED) is 0.746. The summed E-state index contributed by atoms with van der Waals surface area (Å²) in [5, 5.41) is 10.9. The molecule has 0 radical (unpaired) electrons. The third kappa shape index (κ3) is 1.80. The lowest BCUT2D eigenvalue weighted by Gasteiger charge is -2.29. The van der Waals surface area contributed by atoms with Crippen molar-refractivity contribution in [2.75, 3.05) is 11.4 Å². The van der Waals surface area contributed by atoms with E-state index in [1.165, 1.54) is 0 Å². The topological polar surface area (TPSA) is 51.8 Å². The van der Waals surface area contributed by atoms with E-state index >= 15 is 0 Å². The Bertz CT molecular complexity index is 770. The van der Waals surface area contributed by atoms with Crippen molar-refractivity contribution in [3.8, 4) is 22.2 Å². The monoisotopic (exact) mass is 300 g/mol. The highest BCUT2D eigenvalue weighted by Gasteiger charge is 2.29. The molecule has 0 atom stereocenters. The molecule has 0 aliphatic carbocycles. The molecule has 108 valence electrons. The summed E-state index contributed by atoms with van der Waals surface area (Å²) in [7, 11) is 2.01. The second kappa shape index (κ2) is 4.70. The van der Waals surface area contributed by atoms with Crippen LogP contribution in [0.25, 0.3) is 22.2 Å². The van der Waals surface area contributed by atoms with Crippen molar-refractivity contribution in [2.45, 2.75) is 20.0 Å². The molecule has 3 aromatic heterocycles. The second-order valence-corrected chi connectivity index (χ2v) is 6.13. The highest BCUT2D eigenvalue weighted by atomic mass is 32.1. The Kier molecular flexibility index (Phi) is 2.81. The van der Waals surface area contributed by atoms with E-state index in [9.17, 15) is 0 Å². The van der Waals surface area contributed by atoms with Crippen LogP contribution in [0, 0.1) is 0 Å². The van der Waals surface area contributed by atoms with Gasteiger partial charge in [-0.05, 0) is 17.9 Å². The van der Waals surface area contributed by atoms with Crippen molar-refractivity contribution >= 4 is 17.2 Å². The van der Waals surface area contributed by atoms with Crippen molar-refractivity contribution in [1.29, 1.82) is 0 Å². The number of hydrogen-bond donors (Lipinski definition) is 0. The molecule has 0 saturated carbocycles. The van der Waals surface area contributed by atoms with E-state index in [1.54, 1.807) is 11.3 Å². The van der Waals surface area contributed by atoms with Gasteiger partial charge in [-0.25, -0.2) is 4.98 Å². The molecule has 0 saturated heterocycles. The van der Waals surface area contributed by atoms with Crippen LogP contribution in [-0.2, 0) is 13.7 Å². The smallest absolute Gasteiger partial charge is 0.186 e. The standard InChI is InChI=1S/C14H16N6S/c1-3-6-19-9-20-12(10-5-4-7-21-10)16-17-14(20)11-13(19)15-8-18(11)2/h4-5,7-8H,3,6,9H2,1-2H3. The summed E-state index contributed by atoms with van der Waals surface area (Å²) in [5.41, 5.74) is 1.05. The predicted molar refractivity (Wildman–Crippen MR) is 83.2 cm³/mol. The summed E-state index contributed by atoms with van der Waals surface area (Å²) >= 11 is 1.69. The van der Waals surface area contributed by atoms with Gasteiger partial charge >= 0.3 is 0 Å². The number of fused-ring (bicyclic) bond motifs is 3. The van der Waals surface area contributed by atoms with Crippen LogP contribution in [0.15, 0.2) is 23.8 Å². The Balaban J connectivity index is 1.90. The minimum Gasteiger partial charge on any atom is -0.337 e. The van der Waals surface area contributed by atoms with E-state index < -0.39 is 0 Å². The molecule has 21 heavy (non-hydrogen) atoms. The molecule has 1 aliphatic rings. The van der Waals surface area contributed by atoms with Gasteiger partial charge in [-0.15, -0.1) is 21.5 Å². The molecule has 4 heterocycles. The molecule has 0 aromatic carbocycles. The van der Waals surface area contributed by atoms with Crippen LogP contribution in [0.1, 0.15) is 13.3 Å². The van der Waals surface area contributed by atoms with E-state index in [0.717, 1.165) is 47.7 Å². The SMILES string of the molecule is CCCN1Cn2c(-c3cccs3)nnc2-c2c1ncn2C. The number of hydrogen-bond acceptors (Lipinski definition) is 5. The van der Waals surface area contributed by atoms with Gasteiger partial charge < -0.3 is 9.47 Å². The Labute approximate surface area is 126 Å². The van der Waals surface area contributed by atoms with Gasteiger partial charge in [0.15, 0.2) is 17.5 Å². The van der Waals surface area contributed by atoms with Gasteiger partial charge in [0.2, 0.25) is 0 Å². The van der Waals surface area contributed by atoms with Gasteiger partial charge in [-0.2, -0.15) is 0 Å². The fourth-order valence-corrected chi connectivity index (χ4v) is 3.51. The Morgan fingerprint density at radius 3 is 2.90 bits per heavy atom. The number of imidazole rings is 1. The van der Waals surface area contributed by atoms with Crippen LogP contribution in [0.2, 0.25) is 0 Å². The molecule has 0 bridgehead atoms. The van der Waals surface area contributed by atoms with Gasteiger partial charge in [0.05, 0.1) is 17.9 Å². The molecule has 7 heteroatoms. The Morgan fingerprint density at radius 2 is 2.14 bits per heavy atom. The largest absolute Gasteiger partial charge is 0.337 e. The minimum absolute atomic E-state index is 0.757. The van der Waals surface area contributed by atoms with Crippen LogP contribution in [0.4, 0.5) is 5.82 Å². The van der Waals surface area contributed by atoms with Crippen molar-refractivity contribution in [2.24, 2.45) is 7.05 Å². The summed E-state index contributed by atoms with van der Waals surface area (Å²) in [6.45, 7) is 3.92. The maximum atomic E-state index is 4.54. The first kappa shape index (κ1) is 12.6. The van der Waals surface area contributed by atoms with E-state index in [-0.39, 0.29) is 0 Å². The summed E-state index contributed by atoms with van der Waals surface area (Å²) in [5.74, 6) is 2.85. The molecule has 0 amide bonds. The zero-order chi connectivity index (χ0) is 14.4. The van der Waals surface area contributed by atoms with Gasteiger partial charge in [0, 0.05) is 13.6 Å². The number of rotatable bonds is 3. The Morgan fingerprint density at radius 1 is 1.29 bits per heavy atom. The van der Waals surface area contributed by atoms with E-state index in [0.29, 0.717) is 0 Å². The highest BCUT2D eigenvalue weighted by molar-refractivity contribution is 7.13. The number of aryl methyl sites for hydroxylation is 1. The van der Waals surface area contributed by atoms with Crippen LogP contribution in [0.3, 0.4) is 0 Å². The third-order valence-corrected chi connectivity index (χ3v) is 4.59. The summed E-state index contributed by atoms with van der Waals surface area (Å²) in [4.78, 5) is 7.98. The van der Waals surface area contributed by atoms with E-state index in [1.807, 2.05) is 24.0 Å². The van der Waals surface area contributed by atoms with Crippen LogP contribution in [-0.4, -0.2) is 30.9 Å². The van der Waals surface area contributed by atoms with Crippen molar-refractivity contribution in [3.63, 3.8) is 0 Å². The van der Waals surface area contributed by atoms with Crippen molar-refractivity contribution in [1.82, 2.24) is 24.3 Å². The number of aromatic nitrogens is 5. The van der Waals surface area contributed by atoms with Crippen molar-refractivity contribution < 1.29 is 0 Å². The van der Waals surface area contributed by atoms with Crippen LogP contribution < -0.4 is 4.90 Å². The molecule has 0 spiro atoms. The molecule has 4 rings (SSSR count). The molecular weight excluding hydrogens is 284 g/mol. The lowest BCUT2D eigenvalue weighted by atomic mass is 10.3. The summed E-state index contributed by atoms with van der Waals surface area (Å²) in [6.07, 6.45) is 2.93. The minimum atomic E-state index is 0.757. The number of nitrogens with zero attached hydrogens (tertiary/aromatic N) is 6. The zero-order valence-corrected chi connectivity index (χ0v) is 12.8. The first-order chi connectivity index (χ1) is 10.3. The third-order valence-electron chi connectivity index (χ3n) is 3.73. The van der Waals surface area contributed by atoms with E-state index in [2.05, 4.69) is 43.0 Å². The molecule has 0 N–H and O–H groups in total. The fourth-order valence-electron chi connectivity index (χ4n) is 2.79. The normalized spacial score (nSPS) is 13.3. The fraction of sp³-hybridized carbons (Fsp3) is 0.357. The zero-order valence-electron chi connectivity index (χ0n) is 12.0. The maximum Gasteiger partial charge on any atom is 0.186 e. The number of thiophene rings is 1. The molecule has 1 aliphatic heterocycles. The van der Waals surface area contributed by atoms with Gasteiger partial charge in [0.1, 0.15) is 5.69 Å². The van der Waals surface area contributed by atoms with Gasteiger partial charge in [-0.3, -0.25) is 4.57 Å². The lowest BCUT2D eigenvalue weighted by molar-refractivity contribution is 0.616. The maximum absolute atomic E-state index is 4.54.